The predicted molar refractivity (Wildman–Crippen MR) is 68.7 cm³/mol. The Morgan fingerprint density at radius 3 is 2.50 bits per heavy atom. The SMILES string of the molecule is CC(C)[C@H](NCc1cccc(C#N)c1)[C@H](O)C(F)(F)F. The fourth-order valence-electron chi connectivity index (χ4n) is 1.90. The number of aliphatic hydroxyl groups is 1. The molecule has 1 aromatic rings. The summed E-state index contributed by atoms with van der Waals surface area (Å²) in [6.07, 6.45) is -7.07. The molecule has 6 heteroatoms. The van der Waals surface area contributed by atoms with Crippen molar-refractivity contribution in [2.75, 3.05) is 0 Å². The van der Waals surface area contributed by atoms with Gasteiger partial charge in [-0.05, 0) is 23.6 Å². The summed E-state index contributed by atoms with van der Waals surface area (Å²) in [6, 6.07) is 7.47. The van der Waals surface area contributed by atoms with E-state index in [4.69, 9.17) is 5.26 Å². The van der Waals surface area contributed by atoms with E-state index in [0.717, 1.165) is 0 Å². The van der Waals surface area contributed by atoms with Gasteiger partial charge in [0.05, 0.1) is 11.6 Å². The van der Waals surface area contributed by atoms with E-state index >= 15 is 0 Å². The van der Waals surface area contributed by atoms with Crippen LogP contribution in [0, 0.1) is 17.2 Å². The monoisotopic (exact) mass is 286 g/mol. The van der Waals surface area contributed by atoms with Gasteiger partial charge in [-0.2, -0.15) is 18.4 Å². The zero-order valence-corrected chi connectivity index (χ0v) is 11.3. The lowest BCUT2D eigenvalue weighted by molar-refractivity contribution is -0.215. The molecular weight excluding hydrogens is 269 g/mol. The maximum atomic E-state index is 12.6. The Hall–Kier alpha value is -1.58. The minimum Gasteiger partial charge on any atom is -0.382 e. The molecule has 1 rings (SSSR count). The van der Waals surface area contributed by atoms with Crippen LogP contribution in [0.15, 0.2) is 24.3 Å². The van der Waals surface area contributed by atoms with E-state index in [1.807, 2.05) is 6.07 Å². The first kappa shape index (κ1) is 16.5. The number of nitrogens with one attached hydrogen (secondary N) is 1. The average molecular weight is 286 g/mol. The Kier molecular flexibility index (Phi) is 5.54. The molecule has 0 fully saturated rings. The van der Waals surface area contributed by atoms with Crippen LogP contribution < -0.4 is 5.32 Å². The van der Waals surface area contributed by atoms with Crippen molar-refractivity contribution in [1.82, 2.24) is 5.32 Å². The molecule has 0 unspecified atom stereocenters. The fraction of sp³-hybridized carbons (Fsp3) is 0.500. The van der Waals surface area contributed by atoms with Crippen LogP contribution in [0.5, 0.6) is 0 Å². The van der Waals surface area contributed by atoms with E-state index in [0.29, 0.717) is 11.1 Å². The predicted octanol–water partition coefficient (Wildman–Crippen LogP) is 2.60. The normalized spacial score (nSPS) is 14.9. The van der Waals surface area contributed by atoms with Crippen molar-refractivity contribution in [1.29, 1.82) is 5.26 Å². The van der Waals surface area contributed by atoms with Crippen molar-refractivity contribution in [2.24, 2.45) is 5.92 Å². The van der Waals surface area contributed by atoms with E-state index in [1.54, 1.807) is 38.1 Å². The van der Waals surface area contributed by atoms with Gasteiger partial charge in [0.15, 0.2) is 6.10 Å². The highest BCUT2D eigenvalue weighted by atomic mass is 19.4. The van der Waals surface area contributed by atoms with Gasteiger partial charge in [-0.1, -0.05) is 26.0 Å². The third-order valence-electron chi connectivity index (χ3n) is 2.99. The molecule has 0 aromatic heterocycles. The van der Waals surface area contributed by atoms with Gasteiger partial charge >= 0.3 is 6.18 Å². The Bertz CT molecular complexity index is 480. The third kappa shape index (κ3) is 4.51. The number of hydrogen-bond donors (Lipinski definition) is 2. The van der Waals surface area contributed by atoms with Gasteiger partial charge < -0.3 is 10.4 Å². The summed E-state index contributed by atoms with van der Waals surface area (Å²) in [7, 11) is 0. The van der Waals surface area contributed by atoms with E-state index < -0.39 is 18.3 Å². The lowest BCUT2D eigenvalue weighted by Gasteiger charge is -2.29. The van der Waals surface area contributed by atoms with Gasteiger partial charge in [0.1, 0.15) is 0 Å². The van der Waals surface area contributed by atoms with Crippen molar-refractivity contribution < 1.29 is 18.3 Å². The van der Waals surface area contributed by atoms with Crippen LogP contribution in [0.2, 0.25) is 0 Å². The van der Waals surface area contributed by atoms with Gasteiger partial charge in [-0.25, -0.2) is 0 Å². The summed E-state index contributed by atoms with van der Waals surface area (Å²) in [6.45, 7) is 3.38. The Labute approximate surface area is 116 Å². The highest BCUT2D eigenvalue weighted by Gasteiger charge is 2.44. The standard InChI is InChI=1S/C14H17F3N2O/c1-9(2)12(13(20)14(15,16)17)19-8-11-5-3-4-10(6-11)7-18/h3-6,9,12-13,19-20H,8H2,1-2H3/t12-,13-/m0/s1. The second kappa shape index (κ2) is 6.73. The van der Waals surface area contributed by atoms with Crippen LogP contribution >= 0.6 is 0 Å². The zero-order chi connectivity index (χ0) is 15.3. The van der Waals surface area contributed by atoms with Crippen LogP contribution in [-0.2, 0) is 6.54 Å². The summed E-state index contributed by atoms with van der Waals surface area (Å²) >= 11 is 0. The van der Waals surface area contributed by atoms with Crippen molar-refractivity contribution in [2.45, 2.75) is 38.7 Å². The van der Waals surface area contributed by atoms with E-state index in [9.17, 15) is 18.3 Å². The number of nitrogens with zero attached hydrogens (tertiary/aromatic N) is 1. The number of nitriles is 1. The van der Waals surface area contributed by atoms with Crippen molar-refractivity contribution in [3.8, 4) is 6.07 Å². The van der Waals surface area contributed by atoms with Crippen molar-refractivity contribution >= 4 is 0 Å². The highest BCUT2D eigenvalue weighted by molar-refractivity contribution is 5.32. The Balaban J connectivity index is 2.75. The molecule has 0 aliphatic rings. The van der Waals surface area contributed by atoms with Gasteiger partial charge in [0.2, 0.25) is 0 Å². The van der Waals surface area contributed by atoms with Gasteiger partial charge in [-0.15, -0.1) is 0 Å². The Morgan fingerprint density at radius 1 is 1.35 bits per heavy atom. The molecule has 2 atom stereocenters. The number of benzene rings is 1. The maximum Gasteiger partial charge on any atom is 0.415 e. The third-order valence-corrected chi connectivity index (χ3v) is 2.99. The van der Waals surface area contributed by atoms with E-state index in [1.165, 1.54) is 0 Å². The molecule has 0 aliphatic heterocycles. The lowest BCUT2D eigenvalue weighted by atomic mass is 9.97. The molecule has 0 saturated carbocycles. The second-order valence-corrected chi connectivity index (χ2v) is 4.95. The van der Waals surface area contributed by atoms with Crippen molar-refractivity contribution in [3.63, 3.8) is 0 Å². The number of aliphatic hydroxyl groups excluding tert-OH is 1. The molecule has 0 amide bonds. The molecule has 0 radical (unpaired) electrons. The van der Waals surface area contributed by atoms with Crippen LogP contribution in [0.3, 0.4) is 0 Å². The largest absolute Gasteiger partial charge is 0.415 e. The molecule has 0 heterocycles. The van der Waals surface area contributed by atoms with Crippen LogP contribution in [0.4, 0.5) is 13.2 Å². The topological polar surface area (TPSA) is 56.0 Å². The minimum atomic E-state index is -4.66. The average Bonchev–Trinajstić information content (AvgIpc) is 2.37. The molecule has 0 saturated heterocycles. The number of rotatable bonds is 5. The first-order chi connectivity index (χ1) is 9.25. The van der Waals surface area contributed by atoms with E-state index in [-0.39, 0.29) is 12.5 Å². The summed E-state index contributed by atoms with van der Waals surface area (Å²) in [5.41, 5.74) is 1.14. The highest BCUT2D eigenvalue weighted by Crippen LogP contribution is 2.25. The summed E-state index contributed by atoms with van der Waals surface area (Å²) in [4.78, 5) is 0. The summed E-state index contributed by atoms with van der Waals surface area (Å²) in [5.74, 6) is -0.384. The molecular formula is C14H17F3N2O. The minimum absolute atomic E-state index is 0.158. The van der Waals surface area contributed by atoms with Crippen molar-refractivity contribution in [3.05, 3.63) is 35.4 Å². The van der Waals surface area contributed by atoms with Crippen LogP contribution in [0.25, 0.3) is 0 Å². The van der Waals surface area contributed by atoms with Gasteiger partial charge in [0, 0.05) is 12.6 Å². The van der Waals surface area contributed by atoms with Crippen LogP contribution in [0.1, 0.15) is 25.0 Å². The quantitative estimate of drug-likeness (QED) is 0.874. The van der Waals surface area contributed by atoms with E-state index in [2.05, 4.69) is 5.32 Å². The maximum absolute atomic E-state index is 12.6. The number of alkyl halides is 3. The molecule has 1 aromatic carbocycles. The molecule has 2 N–H and O–H groups in total. The number of hydrogen-bond acceptors (Lipinski definition) is 3. The molecule has 0 aliphatic carbocycles. The zero-order valence-electron chi connectivity index (χ0n) is 11.3. The molecule has 0 spiro atoms. The van der Waals surface area contributed by atoms with Gasteiger partial charge in [0.25, 0.3) is 0 Å². The van der Waals surface area contributed by atoms with Gasteiger partial charge in [-0.3, -0.25) is 0 Å². The Morgan fingerprint density at radius 2 is 2.00 bits per heavy atom. The molecule has 3 nitrogen and oxygen atoms in total. The first-order valence-corrected chi connectivity index (χ1v) is 6.23. The molecule has 110 valence electrons. The lowest BCUT2D eigenvalue weighted by Crippen LogP contribution is -2.50. The summed E-state index contributed by atoms with van der Waals surface area (Å²) < 4.78 is 37.7. The number of halogens is 3. The molecule has 20 heavy (non-hydrogen) atoms. The smallest absolute Gasteiger partial charge is 0.382 e. The molecule has 0 bridgehead atoms. The van der Waals surface area contributed by atoms with Crippen LogP contribution in [-0.4, -0.2) is 23.4 Å². The summed E-state index contributed by atoms with van der Waals surface area (Å²) in [5, 5.41) is 20.8. The fourth-order valence-corrected chi connectivity index (χ4v) is 1.90. The second-order valence-electron chi connectivity index (χ2n) is 4.95. The first-order valence-electron chi connectivity index (χ1n) is 6.23.